The van der Waals surface area contributed by atoms with Crippen molar-refractivity contribution >= 4 is 11.8 Å². The third kappa shape index (κ3) is 2.74. The summed E-state index contributed by atoms with van der Waals surface area (Å²) in [6.45, 7) is 13.7. The number of hydrogen-bond acceptors (Lipinski definition) is 3. The van der Waals surface area contributed by atoms with Crippen molar-refractivity contribution in [1.29, 1.82) is 0 Å². The second-order valence-corrected chi connectivity index (χ2v) is 14.0. The van der Waals surface area contributed by atoms with E-state index in [4.69, 9.17) is 0 Å². The molecule has 2 N–H and O–H groups in total. The Hall–Kier alpha value is -1.16. The van der Waals surface area contributed by atoms with E-state index in [0.29, 0.717) is 36.9 Å². The number of aliphatic carboxylic acids is 1. The zero-order valence-electron chi connectivity index (χ0n) is 21.5. The van der Waals surface area contributed by atoms with Gasteiger partial charge in [-0.2, -0.15) is 0 Å². The molecule has 4 nitrogen and oxygen atoms in total. The number of fused-ring (bicyclic) bond motifs is 7. The van der Waals surface area contributed by atoms with Crippen LogP contribution in [0.2, 0.25) is 0 Å². The van der Waals surface area contributed by atoms with Crippen molar-refractivity contribution in [2.24, 2.45) is 50.7 Å². The molecule has 0 saturated heterocycles. The van der Waals surface area contributed by atoms with Gasteiger partial charge in [0.25, 0.3) is 0 Å². The molecule has 33 heavy (non-hydrogen) atoms. The van der Waals surface area contributed by atoms with Crippen LogP contribution < -0.4 is 0 Å². The van der Waals surface area contributed by atoms with Gasteiger partial charge in [-0.15, -0.1) is 0 Å². The number of aliphatic hydroxyl groups is 1. The molecular formula is C29H44O4. The molecular weight excluding hydrogens is 412 g/mol. The first-order valence-corrected chi connectivity index (χ1v) is 13.4. The first kappa shape index (κ1) is 23.6. The van der Waals surface area contributed by atoms with Crippen molar-refractivity contribution < 1.29 is 19.8 Å². The van der Waals surface area contributed by atoms with Crippen LogP contribution in [0, 0.1) is 50.7 Å². The monoisotopic (exact) mass is 456 g/mol. The molecule has 0 aromatic carbocycles. The molecule has 5 rings (SSSR count). The Bertz CT molecular complexity index is 919. The topological polar surface area (TPSA) is 74.6 Å². The van der Waals surface area contributed by atoms with Gasteiger partial charge in [-0.25, -0.2) is 0 Å². The number of Topliss-reactive ketones (excluding diaryl/α,β-unsaturated/α-hetero) is 1. The Balaban J connectivity index is 1.62. The molecule has 9 unspecified atom stereocenters. The maximum Gasteiger partial charge on any atom is 0.310 e. The van der Waals surface area contributed by atoms with Crippen molar-refractivity contribution in [1.82, 2.24) is 0 Å². The van der Waals surface area contributed by atoms with Gasteiger partial charge in [-0.1, -0.05) is 53.2 Å². The van der Waals surface area contributed by atoms with E-state index in [-0.39, 0.29) is 33.5 Å². The van der Waals surface area contributed by atoms with Gasteiger partial charge in [-0.3, -0.25) is 9.59 Å². The van der Waals surface area contributed by atoms with Crippen molar-refractivity contribution in [3.63, 3.8) is 0 Å². The second kappa shape index (κ2) is 6.95. The molecule has 5 aliphatic rings. The zero-order chi connectivity index (χ0) is 24.2. The summed E-state index contributed by atoms with van der Waals surface area (Å²) in [4.78, 5) is 25.3. The molecule has 4 saturated carbocycles. The first-order valence-electron chi connectivity index (χ1n) is 13.4. The van der Waals surface area contributed by atoms with Crippen LogP contribution in [0.25, 0.3) is 0 Å². The Kier molecular flexibility index (Phi) is 4.97. The van der Waals surface area contributed by atoms with Gasteiger partial charge in [-0.05, 0) is 84.9 Å². The molecule has 0 bridgehead atoms. The minimum absolute atomic E-state index is 0.0639. The number of carbonyl (C=O) groups is 2. The highest BCUT2D eigenvalue weighted by molar-refractivity contribution is 5.82. The van der Waals surface area contributed by atoms with E-state index in [1.807, 2.05) is 0 Å². The Morgan fingerprint density at radius 2 is 1.67 bits per heavy atom. The first-order chi connectivity index (χ1) is 15.2. The predicted molar refractivity (Wildman–Crippen MR) is 128 cm³/mol. The van der Waals surface area contributed by atoms with Gasteiger partial charge in [0, 0.05) is 18.3 Å². The van der Waals surface area contributed by atoms with E-state index >= 15 is 0 Å². The molecule has 0 heterocycles. The number of allylic oxidation sites excluding steroid dienone is 1. The van der Waals surface area contributed by atoms with Crippen LogP contribution in [0.3, 0.4) is 0 Å². The van der Waals surface area contributed by atoms with Crippen LogP contribution in [0.4, 0.5) is 0 Å². The highest BCUT2D eigenvalue weighted by atomic mass is 16.4. The molecule has 0 aliphatic heterocycles. The summed E-state index contributed by atoms with van der Waals surface area (Å²) in [5.74, 6) is 0.532. The van der Waals surface area contributed by atoms with E-state index in [2.05, 4.69) is 47.6 Å². The van der Waals surface area contributed by atoms with Gasteiger partial charge in [0.1, 0.15) is 5.78 Å². The molecule has 9 atom stereocenters. The van der Waals surface area contributed by atoms with E-state index in [1.165, 1.54) is 5.57 Å². The molecule has 0 amide bonds. The Morgan fingerprint density at radius 3 is 2.33 bits per heavy atom. The van der Waals surface area contributed by atoms with Crippen LogP contribution in [0.15, 0.2) is 11.6 Å². The SMILES string of the molecule is CC1C(=O)CCC2(C)C1CCC1(C)C2CC=C2C3C(O)C(C)(C)CCC3(C(=O)O)CCC21C. The predicted octanol–water partition coefficient (Wildman–Crippen LogP) is 6.02. The highest BCUT2D eigenvalue weighted by Crippen LogP contribution is 2.74. The summed E-state index contributed by atoms with van der Waals surface area (Å²) in [5.41, 5.74) is 0.245. The lowest BCUT2D eigenvalue weighted by Gasteiger charge is -2.70. The largest absolute Gasteiger partial charge is 0.481 e. The van der Waals surface area contributed by atoms with Crippen molar-refractivity contribution in [3.05, 3.63) is 11.6 Å². The average molecular weight is 457 g/mol. The Labute approximate surface area is 199 Å². The van der Waals surface area contributed by atoms with Gasteiger partial charge in [0.15, 0.2) is 0 Å². The fourth-order valence-corrected chi connectivity index (χ4v) is 10.0. The van der Waals surface area contributed by atoms with Gasteiger partial charge in [0.2, 0.25) is 0 Å². The standard InChI is InChI=1S/C29H44O4/c1-17-18-9-12-28(6)21(26(18,4)11-10-20(17)30)8-7-19-22-23(31)25(2,3)13-15-29(22,24(32)33)16-14-27(19,28)5/h7,17-18,21-23,31H,8-16H2,1-6H3,(H,32,33). The van der Waals surface area contributed by atoms with Crippen molar-refractivity contribution in [2.75, 3.05) is 0 Å². The van der Waals surface area contributed by atoms with Gasteiger partial charge in [0.05, 0.1) is 11.5 Å². The number of hydrogen-bond donors (Lipinski definition) is 2. The maximum atomic E-state index is 12.7. The highest BCUT2D eigenvalue weighted by Gasteiger charge is 2.69. The Morgan fingerprint density at radius 1 is 1.00 bits per heavy atom. The summed E-state index contributed by atoms with van der Waals surface area (Å²) in [6.07, 6.45) is 9.52. The fraction of sp³-hybridized carbons (Fsp3) is 0.862. The number of carboxylic acid groups (broad SMARTS) is 1. The number of aliphatic hydroxyl groups excluding tert-OH is 1. The van der Waals surface area contributed by atoms with Crippen molar-refractivity contribution in [2.45, 2.75) is 105 Å². The molecule has 184 valence electrons. The number of carbonyl (C=O) groups excluding carboxylic acids is 1. The normalized spacial score (nSPS) is 53.1. The molecule has 0 radical (unpaired) electrons. The van der Waals surface area contributed by atoms with Gasteiger partial charge < -0.3 is 10.2 Å². The van der Waals surface area contributed by atoms with Crippen LogP contribution in [-0.4, -0.2) is 28.1 Å². The van der Waals surface area contributed by atoms with E-state index in [1.54, 1.807) is 0 Å². The second-order valence-electron chi connectivity index (χ2n) is 14.0. The van der Waals surface area contributed by atoms with Crippen LogP contribution in [0.5, 0.6) is 0 Å². The van der Waals surface area contributed by atoms with Crippen LogP contribution in [0.1, 0.15) is 99.3 Å². The third-order valence-electron chi connectivity index (χ3n) is 12.6. The molecule has 0 aromatic heterocycles. The zero-order valence-corrected chi connectivity index (χ0v) is 21.5. The summed E-state index contributed by atoms with van der Waals surface area (Å²) >= 11 is 0. The number of carboxylic acids is 1. The lowest BCUT2D eigenvalue weighted by molar-refractivity contribution is -0.193. The van der Waals surface area contributed by atoms with Crippen LogP contribution in [-0.2, 0) is 9.59 Å². The molecule has 4 fully saturated rings. The quantitative estimate of drug-likeness (QED) is 0.473. The molecule has 0 spiro atoms. The molecule has 0 aromatic rings. The summed E-state index contributed by atoms with van der Waals surface area (Å²) in [6, 6.07) is 0. The van der Waals surface area contributed by atoms with E-state index in [9.17, 15) is 19.8 Å². The fourth-order valence-electron chi connectivity index (χ4n) is 10.0. The molecule has 5 aliphatic carbocycles. The summed E-state index contributed by atoms with van der Waals surface area (Å²) in [7, 11) is 0. The van der Waals surface area contributed by atoms with Crippen LogP contribution >= 0.6 is 0 Å². The lowest BCUT2D eigenvalue weighted by atomic mass is 9.34. The summed E-state index contributed by atoms with van der Waals surface area (Å²) < 4.78 is 0. The van der Waals surface area contributed by atoms with Crippen molar-refractivity contribution in [3.8, 4) is 0 Å². The molecule has 4 heteroatoms. The lowest BCUT2D eigenvalue weighted by Crippen LogP contribution is -2.65. The average Bonchev–Trinajstić information content (AvgIpc) is 2.74. The van der Waals surface area contributed by atoms with E-state index < -0.39 is 17.5 Å². The number of rotatable bonds is 1. The summed E-state index contributed by atoms with van der Waals surface area (Å²) in [5, 5.41) is 22.1. The minimum atomic E-state index is -0.837. The third-order valence-corrected chi connectivity index (χ3v) is 12.6. The minimum Gasteiger partial charge on any atom is -0.481 e. The van der Waals surface area contributed by atoms with Gasteiger partial charge >= 0.3 is 5.97 Å². The smallest absolute Gasteiger partial charge is 0.310 e. The van der Waals surface area contributed by atoms with E-state index in [0.717, 1.165) is 38.5 Å². The maximum absolute atomic E-state index is 12.7. The number of ketones is 1.